The molecule has 1 aromatic rings. The summed E-state index contributed by atoms with van der Waals surface area (Å²) in [5.74, 6) is -2.16. The average Bonchev–Trinajstić information content (AvgIpc) is 2.52. The number of carbonyl (C=O) groups excluding carboxylic acids is 1. The van der Waals surface area contributed by atoms with Crippen molar-refractivity contribution < 1.29 is 44.5 Å². The molecule has 5 N–H and O–H groups in total. The lowest BCUT2D eigenvalue weighted by Gasteiger charge is -2.44. The molecule has 0 bridgehead atoms. The van der Waals surface area contributed by atoms with Gasteiger partial charge >= 0.3 is 5.97 Å². The summed E-state index contributed by atoms with van der Waals surface area (Å²) in [4.78, 5) is 12.1. The fourth-order valence-electron chi connectivity index (χ4n) is 2.95. The van der Waals surface area contributed by atoms with Crippen LogP contribution in [0.2, 0.25) is 0 Å². The number of benzene rings is 1. The Kier molecular flexibility index (Phi) is 3.80. The number of hydrogen-bond donors (Lipinski definition) is 5. The molecule has 0 aromatic heterocycles. The highest BCUT2D eigenvalue weighted by molar-refractivity contribution is 5.95. The first-order chi connectivity index (χ1) is 10.9. The van der Waals surface area contributed by atoms with E-state index in [0.29, 0.717) is 0 Å². The lowest BCUT2D eigenvalue weighted by Crippen LogP contribution is -2.58. The largest absolute Gasteiger partial charge is 0.504 e. The van der Waals surface area contributed by atoms with Gasteiger partial charge in [0, 0.05) is 5.56 Å². The molecule has 0 radical (unpaired) electrons. The molecule has 0 aliphatic carbocycles. The first kappa shape index (κ1) is 15.8. The zero-order chi connectivity index (χ0) is 16.9. The van der Waals surface area contributed by atoms with Crippen LogP contribution in [0.25, 0.3) is 0 Å². The Morgan fingerprint density at radius 2 is 1.96 bits per heavy atom. The van der Waals surface area contributed by atoms with Gasteiger partial charge in [-0.05, 0) is 6.07 Å². The topological polar surface area (TPSA) is 146 Å². The van der Waals surface area contributed by atoms with Gasteiger partial charge in [0.25, 0.3) is 0 Å². The molecule has 3 rings (SSSR count). The van der Waals surface area contributed by atoms with Gasteiger partial charge in [0.1, 0.15) is 24.4 Å². The number of rotatable bonds is 2. The molecule has 2 heterocycles. The van der Waals surface area contributed by atoms with Crippen molar-refractivity contribution in [2.45, 2.75) is 30.5 Å². The molecule has 0 unspecified atom stereocenters. The molecular formula is C14H16O9. The van der Waals surface area contributed by atoms with Crippen LogP contribution in [-0.2, 0) is 9.47 Å². The van der Waals surface area contributed by atoms with Gasteiger partial charge in [0.05, 0.1) is 19.3 Å². The summed E-state index contributed by atoms with van der Waals surface area (Å²) >= 11 is 0. The second kappa shape index (κ2) is 5.53. The van der Waals surface area contributed by atoms with E-state index in [2.05, 4.69) is 0 Å². The summed E-state index contributed by atoms with van der Waals surface area (Å²) in [6.45, 7) is -0.583. The van der Waals surface area contributed by atoms with Crippen molar-refractivity contribution in [3.8, 4) is 17.2 Å². The van der Waals surface area contributed by atoms with E-state index >= 15 is 0 Å². The van der Waals surface area contributed by atoms with Gasteiger partial charge < -0.3 is 39.7 Å². The Morgan fingerprint density at radius 3 is 2.57 bits per heavy atom. The molecule has 1 saturated heterocycles. The first-order valence-electron chi connectivity index (χ1n) is 6.87. The monoisotopic (exact) mass is 328 g/mol. The van der Waals surface area contributed by atoms with Gasteiger partial charge in [-0.3, -0.25) is 0 Å². The minimum absolute atomic E-state index is 0.0368. The van der Waals surface area contributed by atoms with Gasteiger partial charge in [0.15, 0.2) is 17.6 Å². The van der Waals surface area contributed by atoms with Crippen LogP contribution in [0, 0.1) is 0 Å². The number of aliphatic hydroxyl groups excluding tert-OH is 3. The Hall–Kier alpha value is -2.07. The number of methoxy groups -OCH3 is 1. The van der Waals surface area contributed by atoms with E-state index in [1.165, 1.54) is 7.11 Å². The van der Waals surface area contributed by atoms with E-state index in [1.54, 1.807) is 0 Å². The number of ether oxygens (including phenoxy) is 3. The minimum Gasteiger partial charge on any atom is -0.504 e. The average molecular weight is 328 g/mol. The number of aromatic hydroxyl groups is 2. The third-order valence-electron chi connectivity index (χ3n) is 4.09. The third-order valence-corrected chi connectivity index (χ3v) is 4.09. The summed E-state index contributed by atoms with van der Waals surface area (Å²) in [5, 5.41) is 49.3. The van der Waals surface area contributed by atoms with Crippen LogP contribution in [-0.4, -0.2) is 69.6 Å². The second-order valence-corrected chi connectivity index (χ2v) is 5.37. The predicted molar refractivity (Wildman–Crippen MR) is 72.2 cm³/mol. The molecule has 0 saturated carbocycles. The summed E-state index contributed by atoms with van der Waals surface area (Å²) in [6.07, 6.45) is -6.50. The standard InChI is InChI=1S/C14H16O9/c1-21-11-5(16)2-4-7(9(11)18)12-13(23-14(4)20)10(19)8(17)6(3-15)22-12/h2,6,8,10,12-13,15-19H,3H2,1H3/t6-,8-,10-,12+,13+/m1/s1. The maximum atomic E-state index is 12.1. The first-order valence-corrected chi connectivity index (χ1v) is 6.87. The fraction of sp³-hybridized carbons (Fsp3) is 0.500. The van der Waals surface area contributed by atoms with Crippen molar-refractivity contribution in [1.29, 1.82) is 0 Å². The molecule has 1 fully saturated rings. The SMILES string of the molecule is COc1c(O)cc2c(c1O)[C@@H]1O[C@H](CO)[C@@H](O)[C@@H](O)[C@@H]1OC2=O. The number of phenolic OH excluding ortho intramolecular Hbond substituents is 2. The highest BCUT2D eigenvalue weighted by atomic mass is 16.6. The molecule has 0 amide bonds. The summed E-state index contributed by atoms with van der Waals surface area (Å²) < 4.78 is 15.4. The van der Waals surface area contributed by atoms with Crippen molar-refractivity contribution >= 4 is 5.97 Å². The summed E-state index contributed by atoms with van der Waals surface area (Å²) in [5.41, 5.74) is -0.187. The number of phenols is 2. The van der Waals surface area contributed by atoms with Crippen LogP contribution in [0.1, 0.15) is 22.0 Å². The van der Waals surface area contributed by atoms with E-state index in [-0.39, 0.29) is 16.9 Å². The van der Waals surface area contributed by atoms with Crippen LogP contribution < -0.4 is 4.74 Å². The van der Waals surface area contributed by atoms with Crippen molar-refractivity contribution in [3.05, 3.63) is 17.2 Å². The lowest BCUT2D eigenvalue weighted by atomic mass is 9.86. The highest BCUT2D eigenvalue weighted by Crippen LogP contribution is 2.49. The van der Waals surface area contributed by atoms with Crippen LogP contribution in [0.4, 0.5) is 0 Å². The van der Waals surface area contributed by atoms with E-state index in [4.69, 9.17) is 14.2 Å². The Labute approximate surface area is 130 Å². The molecule has 1 aromatic carbocycles. The van der Waals surface area contributed by atoms with Crippen molar-refractivity contribution in [1.82, 2.24) is 0 Å². The molecule has 23 heavy (non-hydrogen) atoms. The van der Waals surface area contributed by atoms with Gasteiger partial charge in [-0.15, -0.1) is 0 Å². The van der Waals surface area contributed by atoms with Crippen LogP contribution in [0.5, 0.6) is 17.2 Å². The van der Waals surface area contributed by atoms with E-state index in [1.807, 2.05) is 0 Å². The number of carbonyl (C=O) groups is 1. The summed E-state index contributed by atoms with van der Waals surface area (Å²) in [7, 11) is 1.22. The number of hydrogen-bond acceptors (Lipinski definition) is 9. The highest BCUT2D eigenvalue weighted by Gasteiger charge is 2.52. The minimum atomic E-state index is -1.51. The maximum absolute atomic E-state index is 12.1. The quantitative estimate of drug-likeness (QED) is 0.422. The molecule has 5 atom stereocenters. The van der Waals surface area contributed by atoms with Crippen LogP contribution in [0.3, 0.4) is 0 Å². The zero-order valence-electron chi connectivity index (χ0n) is 12.0. The Morgan fingerprint density at radius 1 is 1.26 bits per heavy atom. The zero-order valence-corrected chi connectivity index (χ0v) is 12.0. The molecule has 2 aliphatic rings. The van der Waals surface area contributed by atoms with E-state index in [9.17, 15) is 30.3 Å². The molecule has 0 spiro atoms. The fourth-order valence-corrected chi connectivity index (χ4v) is 2.95. The van der Waals surface area contributed by atoms with Gasteiger partial charge in [-0.2, -0.15) is 0 Å². The summed E-state index contributed by atoms with van der Waals surface area (Å²) in [6, 6.07) is 1.06. The smallest absolute Gasteiger partial charge is 0.339 e. The van der Waals surface area contributed by atoms with Gasteiger partial charge in [-0.25, -0.2) is 4.79 Å². The molecule has 9 nitrogen and oxygen atoms in total. The third kappa shape index (κ3) is 2.20. The number of esters is 1. The van der Waals surface area contributed by atoms with Crippen LogP contribution in [0.15, 0.2) is 6.07 Å². The number of aliphatic hydroxyl groups is 3. The Bertz CT molecular complexity index is 644. The number of fused-ring (bicyclic) bond motifs is 3. The van der Waals surface area contributed by atoms with Crippen molar-refractivity contribution in [3.63, 3.8) is 0 Å². The normalized spacial score (nSPS) is 32.7. The Balaban J connectivity index is 2.16. The maximum Gasteiger partial charge on any atom is 0.339 e. The lowest BCUT2D eigenvalue weighted by molar-refractivity contribution is -0.235. The van der Waals surface area contributed by atoms with Crippen LogP contribution >= 0.6 is 0 Å². The van der Waals surface area contributed by atoms with Gasteiger partial charge in [-0.1, -0.05) is 0 Å². The van der Waals surface area contributed by atoms with E-state index in [0.717, 1.165) is 6.07 Å². The second-order valence-electron chi connectivity index (χ2n) is 5.37. The van der Waals surface area contributed by atoms with Gasteiger partial charge in [0.2, 0.25) is 5.75 Å². The molecule has 2 aliphatic heterocycles. The molecule has 9 heteroatoms. The van der Waals surface area contributed by atoms with Crippen molar-refractivity contribution in [2.75, 3.05) is 13.7 Å². The molecule has 126 valence electrons. The molecular weight excluding hydrogens is 312 g/mol. The van der Waals surface area contributed by atoms with Crippen molar-refractivity contribution in [2.24, 2.45) is 0 Å². The predicted octanol–water partition coefficient (Wildman–Crippen LogP) is -1.20. The van der Waals surface area contributed by atoms with E-state index < -0.39 is 54.6 Å².